The topological polar surface area (TPSA) is 17.1 Å². The highest BCUT2D eigenvalue weighted by Gasteiger charge is 2.23. The van der Waals surface area contributed by atoms with Gasteiger partial charge in [0.25, 0.3) is 0 Å². The van der Waals surface area contributed by atoms with Crippen molar-refractivity contribution in [3.8, 4) is 0 Å². The summed E-state index contributed by atoms with van der Waals surface area (Å²) >= 11 is 1.60. The molecule has 0 N–H and O–H groups in total. The van der Waals surface area contributed by atoms with Gasteiger partial charge in [-0.05, 0) is 42.4 Å². The molecule has 1 aliphatic carbocycles. The lowest BCUT2D eigenvalue weighted by Crippen LogP contribution is -2.14. The van der Waals surface area contributed by atoms with Gasteiger partial charge in [-0.3, -0.25) is 4.79 Å². The summed E-state index contributed by atoms with van der Waals surface area (Å²) in [4.78, 5) is 12.7. The van der Waals surface area contributed by atoms with Gasteiger partial charge in [0, 0.05) is 4.88 Å². The Labute approximate surface area is 94.8 Å². The standard InChI is InChI=1S/C13H16OS/c1-13(2)7-3-4-10(8-13)12-6-5-11(9-14)15-12/h4-6,9H,3,7-8H2,1-2H3. The SMILES string of the molecule is CC1(C)CCC=C(c2ccc(C=O)s2)C1. The van der Waals surface area contributed by atoms with Gasteiger partial charge in [0.05, 0.1) is 4.88 Å². The molecule has 0 unspecified atom stereocenters. The lowest BCUT2D eigenvalue weighted by molar-refractivity contribution is 0.112. The largest absolute Gasteiger partial charge is 0.297 e. The molecule has 0 fully saturated rings. The number of aldehydes is 1. The molecule has 0 saturated heterocycles. The first kappa shape index (κ1) is 10.6. The summed E-state index contributed by atoms with van der Waals surface area (Å²) in [6.45, 7) is 4.63. The van der Waals surface area contributed by atoms with Crippen LogP contribution in [0, 0.1) is 5.41 Å². The Bertz CT molecular complexity index is 398. The molecule has 2 heteroatoms. The molecule has 2 rings (SSSR count). The van der Waals surface area contributed by atoms with Gasteiger partial charge in [0.15, 0.2) is 6.29 Å². The first-order chi connectivity index (χ1) is 7.11. The highest BCUT2D eigenvalue weighted by Crippen LogP contribution is 2.40. The molecule has 80 valence electrons. The van der Waals surface area contributed by atoms with Gasteiger partial charge < -0.3 is 0 Å². The minimum Gasteiger partial charge on any atom is -0.297 e. The van der Waals surface area contributed by atoms with Crippen LogP contribution >= 0.6 is 11.3 Å². The second-order valence-corrected chi connectivity index (χ2v) is 6.04. The molecule has 1 nitrogen and oxygen atoms in total. The average molecular weight is 220 g/mol. The molecule has 1 heterocycles. The number of hydrogen-bond acceptors (Lipinski definition) is 2. The Balaban J connectivity index is 2.24. The van der Waals surface area contributed by atoms with E-state index in [2.05, 4.69) is 26.0 Å². The Hall–Kier alpha value is -0.890. The Morgan fingerprint density at radius 1 is 1.40 bits per heavy atom. The van der Waals surface area contributed by atoms with Crippen LogP contribution in [0.2, 0.25) is 0 Å². The van der Waals surface area contributed by atoms with Crippen molar-refractivity contribution < 1.29 is 4.79 Å². The summed E-state index contributed by atoms with van der Waals surface area (Å²) in [7, 11) is 0. The predicted octanol–water partition coefficient (Wildman–Crippen LogP) is 4.15. The van der Waals surface area contributed by atoms with Crippen molar-refractivity contribution in [2.45, 2.75) is 33.1 Å². The van der Waals surface area contributed by atoms with Gasteiger partial charge in [-0.1, -0.05) is 19.9 Å². The maximum absolute atomic E-state index is 10.6. The van der Waals surface area contributed by atoms with Crippen LogP contribution in [0.3, 0.4) is 0 Å². The van der Waals surface area contributed by atoms with Crippen molar-refractivity contribution in [3.63, 3.8) is 0 Å². The summed E-state index contributed by atoms with van der Waals surface area (Å²) in [6.07, 6.45) is 6.82. The van der Waals surface area contributed by atoms with E-state index in [1.54, 1.807) is 11.3 Å². The third kappa shape index (κ3) is 2.37. The zero-order valence-electron chi connectivity index (χ0n) is 9.25. The zero-order chi connectivity index (χ0) is 10.9. The summed E-state index contributed by atoms with van der Waals surface area (Å²) < 4.78 is 0. The van der Waals surface area contributed by atoms with Crippen molar-refractivity contribution in [3.05, 3.63) is 28.0 Å². The van der Waals surface area contributed by atoms with E-state index in [0.29, 0.717) is 5.41 Å². The molecule has 0 radical (unpaired) electrons. The van der Waals surface area contributed by atoms with E-state index in [4.69, 9.17) is 0 Å². The highest BCUT2D eigenvalue weighted by molar-refractivity contribution is 7.14. The van der Waals surface area contributed by atoms with Gasteiger partial charge in [-0.25, -0.2) is 0 Å². The molecule has 0 bridgehead atoms. The van der Waals surface area contributed by atoms with Gasteiger partial charge in [-0.2, -0.15) is 0 Å². The number of rotatable bonds is 2. The van der Waals surface area contributed by atoms with Crippen LogP contribution in [-0.4, -0.2) is 6.29 Å². The van der Waals surface area contributed by atoms with E-state index < -0.39 is 0 Å². The molecule has 0 saturated carbocycles. The first-order valence-electron chi connectivity index (χ1n) is 5.35. The molecule has 0 spiro atoms. The van der Waals surface area contributed by atoms with Crippen LogP contribution in [0.1, 0.15) is 47.7 Å². The smallest absolute Gasteiger partial charge is 0.160 e. The molecule has 15 heavy (non-hydrogen) atoms. The van der Waals surface area contributed by atoms with Gasteiger partial charge >= 0.3 is 0 Å². The number of thiophene rings is 1. The van der Waals surface area contributed by atoms with Crippen molar-refractivity contribution in [1.29, 1.82) is 0 Å². The van der Waals surface area contributed by atoms with Crippen molar-refractivity contribution in [2.75, 3.05) is 0 Å². The molecular weight excluding hydrogens is 204 g/mol. The maximum Gasteiger partial charge on any atom is 0.160 e. The highest BCUT2D eigenvalue weighted by atomic mass is 32.1. The lowest BCUT2D eigenvalue weighted by atomic mass is 9.77. The minimum absolute atomic E-state index is 0.412. The average Bonchev–Trinajstić information content (AvgIpc) is 2.64. The molecule has 0 aliphatic heterocycles. The lowest BCUT2D eigenvalue weighted by Gasteiger charge is -2.29. The minimum atomic E-state index is 0.412. The first-order valence-corrected chi connectivity index (χ1v) is 6.17. The molecular formula is C13H16OS. The molecule has 1 aromatic heterocycles. The van der Waals surface area contributed by atoms with Crippen molar-refractivity contribution >= 4 is 23.2 Å². The van der Waals surface area contributed by atoms with Crippen LogP contribution in [-0.2, 0) is 0 Å². The van der Waals surface area contributed by atoms with E-state index in [9.17, 15) is 4.79 Å². The monoisotopic (exact) mass is 220 g/mol. The predicted molar refractivity (Wildman–Crippen MR) is 65.3 cm³/mol. The van der Waals surface area contributed by atoms with E-state index >= 15 is 0 Å². The maximum atomic E-state index is 10.6. The Morgan fingerprint density at radius 3 is 2.80 bits per heavy atom. The van der Waals surface area contributed by atoms with Crippen molar-refractivity contribution in [2.24, 2.45) is 5.41 Å². The summed E-state index contributed by atoms with van der Waals surface area (Å²) in [5.74, 6) is 0. The summed E-state index contributed by atoms with van der Waals surface area (Å²) in [5, 5.41) is 0. The second-order valence-electron chi connectivity index (χ2n) is 4.93. The fourth-order valence-electron chi connectivity index (χ4n) is 2.09. The number of allylic oxidation sites excluding steroid dienone is 2. The van der Waals surface area contributed by atoms with Crippen LogP contribution in [0.4, 0.5) is 0 Å². The number of carbonyl (C=O) groups excluding carboxylic acids is 1. The third-order valence-corrected chi connectivity index (χ3v) is 4.03. The van der Waals surface area contributed by atoms with E-state index in [-0.39, 0.29) is 0 Å². The van der Waals surface area contributed by atoms with Crippen LogP contribution < -0.4 is 0 Å². The van der Waals surface area contributed by atoms with Crippen LogP contribution in [0.25, 0.3) is 5.57 Å². The van der Waals surface area contributed by atoms with Crippen LogP contribution in [0.15, 0.2) is 18.2 Å². The fraction of sp³-hybridized carbons (Fsp3) is 0.462. The third-order valence-electron chi connectivity index (χ3n) is 2.94. The van der Waals surface area contributed by atoms with Crippen LogP contribution in [0.5, 0.6) is 0 Å². The Morgan fingerprint density at radius 2 is 2.20 bits per heavy atom. The molecule has 1 aromatic rings. The molecule has 0 atom stereocenters. The van der Waals surface area contributed by atoms with Crippen molar-refractivity contribution in [1.82, 2.24) is 0 Å². The zero-order valence-corrected chi connectivity index (χ0v) is 10.1. The number of hydrogen-bond donors (Lipinski definition) is 0. The normalized spacial score (nSPS) is 19.7. The fourth-order valence-corrected chi connectivity index (χ4v) is 2.95. The van der Waals surface area contributed by atoms with E-state index in [1.165, 1.54) is 16.9 Å². The number of carbonyl (C=O) groups is 1. The quantitative estimate of drug-likeness (QED) is 0.684. The van der Waals surface area contributed by atoms with Gasteiger partial charge in [-0.15, -0.1) is 11.3 Å². The Kier molecular flexibility index (Phi) is 2.79. The van der Waals surface area contributed by atoms with Gasteiger partial charge in [0.2, 0.25) is 0 Å². The summed E-state index contributed by atoms with van der Waals surface area (Å²) in [5.41, 5.74) is 1.83. The molecule has 0 aromatic carbocycles. The summed E-state index contributed by atoms with van der Waals surface area (Å²) in [6, 6.07) is 3.98. The molecule has 0 amide bonds. The van der Waals surface area contributed by atoms with Gasteiger partial charge in [0.1, 0.15) is 0 Å². The van der Waals surface area contributed by atoms with E-state index in [1.807, 2.05) is 6.07 Å². The van der Waals surface area contributed by atoms with E-state index in [0.717, 1.165) is 24.0 Å². The second kappa shape index (κ2) is 3.93. The molecule has 1 aliphatic rings.